The van der Waals surface area contributed by atoms with Gasteiger partial charge in [-0.05, 0) is 38.1 Å². The van der Waals surface area contributed by atoms with Gasteiger partial charge < -0.3 is 9.88 Å². The van der Waals surface area contributed by atoms with Crippen LogP contribution in [0.4, 0.5) is 0 Å². The second-order valence-electron chi connectivity index (χ2n) is 4.60. The van der Waals surface area contributed by atoms with Gasteiger partial charge >= 0.3 is 0 Å². The summed E-state index contributed by atoms with van der Waals surface area (Å²) in [6, 6.07) is 6.57. The smallest absolute Gasteiger partial charge is 0.0501 e. The molecule has 1 aromatic heterocycles. The Morgan fingerprint density at radius 3 is 2.76 bits per heavy atom. The highest BCUT2D eigenvalue weighted by Gasteiger charge is 2.10. The van der Waals surface area contributed by atoms with Gasteiger partial charge in [0.2, 0.25) is 0 Å². The average Bonchev–Trinajstić information content (AvgIpc) is 2.64. The second-order valence-corrected chi connectivity index (χ2v) is 5.03. The molecular weight excluding hydrogens is 232 g/mol. The van der Waals surface area contributed by atoms with Gasteiger partial charge in [0.15, 0.2) is 0 Å². The summed E-state index contributed by atoms with van der Waals surface area (Å²) in [4.78, 5) is 0. The highest BCUT2D eigenvalue weighted by Crippen LogP contribution is 2.27. The van der Waals surface area contributed by atoms with E-state index >= 15 is 0 Å². The Balaban J connectivity index is 2.54. The maximum atomic E-state index is 6.08. The lowest BCUT2D eigenvalue weighted by Gasteiger charge is -2.08. The van der Waals surface area contributed by atoms with Crippen molar-refractivity contribution in [2.45, 2.75) is 33.4 Å². The van der Waals surface area contributed by atoms with Crippen molar-refractivity contribution in [1.29, 1.82) is 0 Å². The predicted octanol–water partition coefficient (Wildman–Crippen LogP) is 3.99. The van der Waals surface area contributed by atoms with E-state index in [9.17, 15) is 0 Å². The van der Waals surface area contributed by atoms with Crippen LogP contribution in [-0.2, 0) is 6.54 Å². The van der Waals surface area contributed by atoms with Crippen LogP contribution in [0, 0.1) is 0 Å². The van der Waals surface area contributed by atoms with E-state index in [2.05, 4.69) is 42.9 Å². The van der Waals surface area contributed by atoms with Gasteiger partial charge in [0.05, 0.1) is 5.52 Å². The van der Waals surface area contributed by atoms with E-state index < -0.39 is 0 Å². The summed E-state index contributed by atoms with van der Waals surface area (Å²) in [5.74, 6) is 0. The monoisotopic (exact) mass is 250 g/mol. The minimum atomic E-state index is 0.450. The molecule has 0 unspecified atom stereocenters. The Bertz CT molecular complexity index is 514. The fourth-order valence-electron chi connectivity index (χ4n) is 2.12. The molecule has 0 aliphatic heterocycles. The molecule has 1 heterocycles. The van der Waals surface area contributed by atoms with Crippen LogP contribution >= 0.6 is 11.6 Å². The fraction of sp³-hybridized carbons (Fsp3) is 0.429. The van der Waals surface area contributed by atoms with Gasteiger partial charge in [0, 0.05) is 29.2 Å². The van der Waals surface area contributed by atoms with E-state index in [1.54, 1.807) is 0 Å². The largest absolute Gasteiger partial charge is 0.345 e. The van der Waals surface area contributed by atoms with Crippen molar-refractivity contribution in [2.75, 3.05) is 6.54 Å². The van der Waals surface area contributed by atoms with Crippen molar-refractivity contribution in [3.63, 3.8) is 0 Å². The van der Waals surface area contributed by atoms with Crippen molar-refractivity contribution in [2.24, 2.45) is 0 Å². The first-order chi connectivity index (χ1) is 8.13. The van der Waals surface area contributed by atoms with Crippen molar-refractivity contribution < 1.29 is 0 Å². The van der Waals surface area contributed by atoms with E-state index in [0.717, 1.165) is 18.1 Å². The molecule has 92 valence electrons. The molecule has 0 amide bonds. The quantitative estimate of drug-likeness (QED) is 0.869. The number of benzene rings is 1. The number of hydrogen-bond acceptors (Lipinski definition) is 1. The fourth-order valence-corrected chi connectivity index (χ4v) is 2.29. The molecule has 0 saturated heterocycles. The van der Waals surface area contributed by atoms with Crippen LogP contribution in [0.1, 0.15) is 32.4 Å². The molecule has 0 spiro atoms. The molecule has 17 heavy (non-hydrogen) atoms. The Kier molecular flexibility index (Phi) is 3.75. The van der Waals surface area contributed by atoms with Crippen LogP contribution in [0.15, 0.2) is 24.4 Å². The van der Waals surface area contributed by atoms with Gasteiger partial charge in [-0.3, -0.25) is 0 Å². The third-order valence-electron chi connectivity index (χ3n) is 3.00. The van der Waals surface area contributed by atoms with E-state index in [0.29, 0.717) is 6.04 Å². The van der Waals surface area contributed by atoms with E-state index in [1.807, 2.05) is 12.1 Å². The SMILES string of the molecule is CCNCc1cn(C(C)C)c2cc(Cl)ccc12. The van der Waals surface area contributed by atoms with Crippen LogP contribution in [0.3, 0.4) is 0 Å². The molecular formula is C14H19ClN2. The first kappa shape index (κ1) is 12.5. The minimum absolute atomic E-state index is 0.450. The molecule has 1 aromatic carbocycles. The number of nitrogens with zero attached hydrogens (tertiary/aromatic N) is 1. The average molecular weight is 251 g/mol. The standard InChI is InChI=1S/C14H19ClN2/c1-4-16-8-11-9-17(10(2)3)14-7-12(15)5-6-13(11)14/h5-7,9-10,16H,4,8H2,1-3H3. The summed E-state index contributed by atoms with van der Waals surface area (Å²) >= 11 is 6.08. The summed E-state index contributed by atoms with van der Waals surface area (Å²) in [7, 11) is 0. The Hall–Kier alpha value is -0.990. The van der Waals surface area contributed by atoms with Crippen LogP contribution in [0.5, 0.6) is 0 Å². The minimum Gasteiger partial charge on any atom is -0.345 e. The summed E-state index contributed by atoms with van der Waals surface area (Å²) in [5, 5.41) is 5.47. The Morgan fingerprint density at radius 2 is 2.12 bits per heavy atom. The number of fused-ring (bicyclic) bond motifs is 1. The van der Waals surface area contributed by atoms with Gasteiger partial charge in [-0.2, -0.15) is 0 Å². The molecule has 0 aliphatic rings. The lowest BCUT2D eigenvalue weighted by Crippen LogP contribution is -2.11. The topological polar surface area (TPSA) is 17.0 Å². The lowest BCUT2D eigenvalue weighted by atomic mass is 10.2. The maximum absolute atomic E-state index is 6.08. The first-order valence-electron chi connectivity index (χ1n) is 6.13. The van der Waals surface area contributed by atoms with Crippen molar-refractivity contribution in [1.82, 2.24) is 9.88 Å². The van der Waals surface area contributed by atoms with Gasteiger partial charge in [0.1, 0.15) is 0 Å². The van der Waals surface area contributed by atoms with Crippen molar-refractivity contribution >= 4 is 22.5 Å². The number of rotatable bonds is 4. The van der Waals surface area contributed by atoms with Gasteiger partial charge in [0.25, 0.3) is 0 Å². The zero-order valence-electron chi connectivity index (χ0n) is 10.6. The molecule has 2 rings (SSSR count). The Morgan fingerprint density at radius 1 is 1.35 bits per heavy atom. The van der Waals surface area contributed by atoms with Crippen LogP contribution in [0.2, 0.25) is 5.02 Å². The van der Waals surface area contributed by atoms with Gasteiger partial charge in [-0.25, -0.2) is 0 Å². The molecule has 0 saturated carbocycles. The summed E-state index contributed by atoms with van der Waals surface area (Å²) in [5.41, 5.74) is 2.56. The summed E-state index contributed by atoms with van der Waals surface area (Å²) < 4.78 is 2.29. The van der Waals surface area contributed by atoms with Gasteiger partial charge in [-0.15, -0.1) is 0 Å². The van der Waals surface area contributed by atoms with Crippen LogP contribution in [-0.4, -0.2) is 11.1 Å². The van der Waals surface area contributed by atoms with E-state index in [4.69, 9.17) is 11.6 Å². The second kappa shape index (κ2) is 5.11. The van der Waals surface area contributed by atoms with Crippen LogP contribution < -0.4 is 5.32 Å². The van der Waals surface area contributed by atoms with E-state index in [-0.39, 0.29) is 0 Å². The molecule has 0 radical (unpaired) electrons. The molecule has 2 aromatic rings. The zero-order chi connectivity index (χ0) is 12.4. The molecule has 3 heteroatoms. The highest BCUT2D eigenvalue weighted by atomic mass is 35.5. The zero-order valence-corrected chi connectivity index (χ0v) is 11.4. The molecule has 0 fully saturated rings. The molecule has 0 atom stereocenters. The number of aromatic nitrogens is 1. The van der Waals surface area contributed by atoms with Crippen LogP contribution in [0.25, 0.3) is 10.9 Å². The molecule has 0 bridgehead atoms. The highest BCUT2D eigenvalue weighted by molar-refractivity contribution is 6.31. The number of halogens is 1. The normalized spacial score (nSPS) is 11.6. The molecule has 2 nitrogen and oxygen atoms in total. The lowest BCUT2D eigenvalue weighted by molar-refractivity contribution is 0.618. The van der Waals surface area contributed by atoms with Gasteiger partial charge in [-0.1, -0.05) is 24.6 Å². The number of hydrogen-bond donors (Lipinski definition) is 1. The van der Waals surface area contributed by atoms with Crippen molar-refractivity contribution in [3.8, 4) is 0 Å². The Labute approximate surface area is 108 Å². The third kappa shape index (κ3) is 2.48. The summed E-state index contributed by atoms with van der Waals surface area (Å²) in [6.07, 6.45) is 2.23. The molecule has 0 aliphatic carbocycles. The molecule has 1 N–H and O–H groups in total. The predicted molar refractivity (Wildman–Crippen MR) is 74.7 cm³/mol. The van der Waals surface area contributed by atoms with Crippen molar-refractivity contribution in [3.05, 3.63) is 35.0 Å². The van der Waals surface area contributed by atoms with E-state index in [1.165, 1.54) is 16.5 Å². The third-order valence-corrected chi connectivity index (χ3v) is 3.24. The first-order valence-corrected chi connectivity index (χ1v) is 6.51. The maximum Gasteiger partial charge on any atom is 0.0501 e. The summed E-state index contributed by atoms with van der Waals surface area (Å²) in [6.45, 7) is 8.41. The number of nitrogens with one attached hydrogen (secondary N) is 1.